The predicted molar refractivity (Wildman–Crippen MR) is 74.3 cm³/mol. The van der Waals surface area contributed by atoms with Gasteiger partial charge in [-0.3, -0.25) is 0 Å². The highest BCUT2D eigenvalue weighted by atomic mass is 16.8. The summed E-state index contributed by atoms with van der Waals surface area (Å²) in [5.74, 6) is -0.563. The Kier molecular flexibility index (Phi) is 4.08. The van der Waals surface area contributed by atoms with Crippen LogP contribution in [0.3, 0.4) is 0 Å². The van der Waals surface area contributed by atoms with Crippen molar-refractivity contribution in [1.82, 2.24) is 0 Å². The van der Waals surface area contributed by atoms with Crippen molar-refractivity contribution >= 4 is 0 Å². The predicted octanol–water partition coefficient (Wildman–Crippen LogP) is 2.51. The zero-order chi connectivity index (χ0) is 14.0. The highest BCUT2D eigenvalue weighted by Gasteiger charge is 2.54. The standard InChI is InChI=1S/C16H22O4/c1-3-16-15(17-2)9-13(14(20-16)11-19-16)18-10-12-7-5-4-6-8-12/h4-8,13-15H,3,9-11H2,1-2H3. The molecule has 4 heteroatoms. The molecule has 1 aromatic rings. The van der Waals surface area contributed by atoms with Gasteiger partial charge in [0.05, 0.1) is 19.3 Å². The summed E-state index contributed by atoms with van der Waals surface area (Å²) in [6.45, 7) is 3.26. The van der Waals surface area contributed by atoms with Crippen LogP contribution >= 0.6 is 0 Å². The molecule has 2 bridgehead atoms. The maximum Gasteiger partial charge on any atom is 0.195 e. The molecular formula is C16H22O4. The number of fused-ring (bicyclic) bond motifs is 2. The zero-order valence-corrected chi connectivity index (χ0v) is 12.1. The minimum absolute atomic E-state index is 0.0186. The van der Waals surface area contributed by atoms with Crippen molar-refractivity contribution in [2.75, 3.05) is 13.7 Å². The van der Waals surface area contributed by atoms with Crippen LogP contribution in [0.4, 0.5) is 0 Å². The van der Waals surface area contributed by atoms with E-state index in [0.717, 1.165) is 12.8 Å². The smallest absolute Gasteiger partial charge is 0.195 e. The second-order valence-corrected chi connectivity index (χ2v) is 5.43. The quantitative estimate of drug-likeness (QED) is 0.829. The molecule has 4 atom stereocenters. The van der Waals surface area contributed by atoms with Gasteiger partial charge in [-0.05, 0) is 5.56 Å². The molecule has 0 radical (unpaired) electrons. The van der Waals surface area contributed by atoms with E-state index in [9.17, 15) is 0 Å². The van der Waals surface area contributed by atoms with Gasteiger partial charge < -0.3 is 18.9 Å². The van der Waals surface area contributed by atoms with Crippen molar-refractivity contribution < 1.29 is 18.9 Å². The number of ether oxygens (including phenoxy) is 4. The summed E-state index contributed by atoms with van der Waals surface area (Å²) >= 11 is 0. The third-order valence-corrected chi connectivity index (χ3v) is 4.28. The Balaban J connectivity index is 1.64. The molecular weight excluding hydrogens is 256 g/mol. The molecule has 2 heterocycles. The lowest BCUT2D eigenvalue weighted by atomic mass is 9.96. The normalized spacial score (nSPS) is 36.2. The average Bonchev–Trinajstić information content (AvgIpc) is 2.89. The number of hydrogen-bond donors (Lipinski definition) is 0. The molecule has 0 N–H and O–H groups in total. The molecule has 2 fully saturated rings. The van der Waals surface area contributed by atoms with Crippen LogP contribution in [0.15, 0.2) is 30.3 Å². The molecule has 0 aliphatic carbocycles. The summed E-state index contributed by atoms with van der Waals surface area (Å²) in [6, 6.07) is 10.2. The van der Waals surface area contributed by atoms with Gasteiger partial charge >= 0.3 is 0 Å². The van der Waals surface area contributed by atoms with E-state index >= 15 is 0 Å². The summed E-state index contributed by atoms with van der Waals surface area (Å²) in [4.78, 5) is 0. The second-order valence-electron chi connectivity index (χ2n) is 5.43. The monoisotopic (exact) mass is 278 g/mol. The minimum atomic E-state index is -0.563. The minimum Gasteiger partial charge on any atom is -0.376 e. The van der Waals surface area contributed by atoms with E-state index in [2.05, 4.69) is 19.1 Å². The largest absolute Gasteiger partial charge is 0.376 e. The summed E-state index contributed by atoms with van der Waals surface area (Å²) < 4.78 is 23.5. The van der Waals surface area contributed by atoms with E-state index in [-0.39, 0.29) is 18.3 Å². The molecule has 0 aromatic heterocycles. The molecule has 0 saturated carbocycles. The van der Waals surface area contributed by atoms with E-state index in [0.29, 0.717) is 13.2 Å². The second kappa shape index (κ2) is 5.82. The Morgan fingerprint density at radius 1 is 1.30 bits per heavy atom. The molecule has 2 aliphatic heterocycles. The molecule has 0 spiro atoms. The first kappa shape index (κ1) is 14.0. The third-order valence-electron chi connectivity index (χ3n) is 4.28. The van der Waals surface area contributed by atoms with Crippen LogP contribution in [0.2, 0.25) is 0 Å². The first-order chi connectivity index (χ1) is 9.77. The van der Waals surface area contributed by atoms with Gasteiger partial charge in [0, 0.05) is 20.0 Å². The average molecular weight is 278 g/mol. The van der Waals surface area contributed by atoms with E-state index in [1.54, 1.807) is 7.11 Å². The van der Waals surface area contributed by atoms with Crippen molar-refractivity contribution in [3.63, 3.8) is 0 Å². The Morgan fingerprint density at radius 2 is 2.10 bits per heavy atom. The summed E-state index contributed by atoms with van der Waals surface area (Å²) in [5, 5.41) is 0. The zero-order valence-electron chi connectivity index (χ0n) is 12.1. The SMILES string of the molecule is CCC12OCC(O1)C(OCc1ccccc1)CC2OC. The van der Waals surface area contributed by atoms with E-state index in [4.69, 9.17) is 18.9 Å². The third kappa shape index (κ3) is 2.49. The molecule has 2 saturated heterocycles. The van der Waals surface area contributed by atoms with Gasteiger partial charge in [-0.1, -0.05) is 37.3 Å². The molecule has 20 heavy (non-hydrogen) atoms. The number of methoxy groups -OCH3 is 1. The van der Waals surface area contributed by atoms with E-state index < -0.39 is 5.79 Å². The van der Waals surface area contributed by atoms with Gasteiger partial charge in [-0.2, -0.15) is 0 Å². The van der Waals surface area contributed by atoms with Crippen molar-refractivity contribution in [1.29, 1.82) is 0 Å². The highest BCUT2D eigenvalue weighted by molar-refractivity contribution is 5.13. The Morgan fingerprint density at radius 3 is 2.80 bits per heavy atom. The van der Waals surface area contributed by atoms with Crippen LogP contribution in [0, 0.1) is 0 Å². The molecule has 3 rings (SSSR count). The number of hydrogen-bond acceptors (Lipinski definition) is 4. The number of benzene rings is 1. The van der Waals surface area contributed by atoms with Crippen LogP contribution in [-0.4, -0.2) is 37.8 Å². The van der Waals surface area contributed by atoms with Crippen LogP contribution in [0.1, 0.15) is 25.3 Å². The summed E-state index contributed by atoms with van der Waals surface area (Å²) in [6.07, 6.45) is 1.61. The van der Waals surface area contributed by atoms with Crippen LogP contribution in [0.5, 0.6) is 0 Å². The molecule has 0 amide bonds. The summed E-state index contributed by atoms with van der Waals surface area (Å²) in [7, 11) is 1.71. The van der Waals surface area contributed by atoms with Crippen molar-refractivity contribution in [2.24, 2.45) is 0 Å². The van der Waals surface area contributed by atoms with E-state index in [1.807, 2.05) is 18.2 Å². The lowest BCUT2D eigenvalue weighted by Crippen LogP contribution is -2.52. The fraction of sp³-hybridized carbons (Fsp3) is 0.625. The van der Waals surface area contributed by atoms with Crippen LogP contribution in [0.25, 0.3) is 0 Å². The first-order valence-electron chi connectivity index (χ1n) is 7.27. The fourth-order valence-electron chi connectivity index (χ4n) is 3.08. The van der Waals surface area contributed by atoms with E-state index in [1.165, 1.54) is 5.56 Å². The van der Waals surface area contributed by atoms with Crippen molar-refractivity contribution in [3.05, 3.63) is 35.9 Å². The molecule has 4 unspecified atom stereocenters. The fourth-order valence-corrected chi connectivity index (χ4v) is 3.08. The van der Waals surface area contributed by atoms with Crippen LogP contribution < -0.4 is 0 Å². The molecule has 1 aromatic carbocycles. The highest BCUT2D eigenvalue weighted by Crippen LogP contribution is 2.41. The van der Waals surface area contributed by atoms with Gasteiger partial charge in [0.15, 0.2) is 5.79 Å². The van der Waals surface area contributed by atoms with Gasteiger partial charge in [0.1, 0.15) is 12.2 Å². The van der Waals surface area contributed by atoms with Gasteiger partial charge in [0.2, 0.25) is 0 Å². The Bertz CT molecular complexity index is 435. The van der Waals surface area contributed by atoms with Crippen LogP contribution in [-0.2, 0) is 25.6 Å². The first-order valence-corrected chi connectivity index (χ1v) is 7.27. The van der Waals surface area contributed by atoms with Gasteiger partial charge in [-0.15, -0.1) is 0 Å². The molecule has 4 nitrogen and oxygen atoms in total. The lowest BCUT2D eigenvalue weighted by Gasteiger charge is -2.40. The summed E-state index contributed by atoms with van der Waals surface area (Å²) in [5.41, 5.74) is 1.17. The topological polar surface area (TPSA) is 36.9 Å². The maximum absolute atomic E-state index is 6.07. The van der Waals surface area contributed by atoms with Gasteiger partial charge in [-0.25, -0.2) is 0 Å². The lowest BCUT2D eigenvalue weighted by molar-refractivity contribution is -0.275. The molecule has 2 aliphatic rings. The van der Waals surface area contributed by atoms with Crippen molar-refractivity contribution in [3.8, 4) is 0 Å². The number of rotatable bonds is 5. The van der Waals surface area contributed by atoms with Gasteiger partial charge in [0.25, 0.3) is 0 Å². The molecule has 110 valence electrons. The Labute approximate surface area is 120 Å². The maximum atomic E-state index is 6.07. The Hall–Kier alpha value is -0.940. The van der Waals surface area contributed by atoms with Crippen molar-refractivity contribution in [2.45, 2.75) is 50.5 Å².